The average Bonchev–Trinajstić information content (AvgIpc) is 3.15. The van der Waals surface area contributed by atoms with Crippen molar-refractivity contribution < 1.29 is 17.9 Å². The number of aromatic nitrogens is 2. The second-order valence-corrected chi connectivity index (χ2v) is 10.8. The number of methoxy groups -OCH3 is 1. The molecule has 3 aromatic rings. The summed E-state index contributed by atoms with van der Waals surface area (Å²) in [6.45, 7) is 3.02. The lowest BCUT2D eigenvalue weighted by atomic mass is 10.2. The number of thioether (sulfide) groups is 1. The number of carbonyl (C=O) groups excluding carboxylic acids is 1. The first-order valence-electron chi connectivity index (χ1n) is 10.8. The van der Waals surface area contributed by atoms with Crippen LogP contribution in [0.3, 0.4) is 0 Å². The zero-order valence-electron chi connectivity index (χ0n) is 19.4. The molecule has 1 aromatic heterocycles. The van der Waals surface area contributed by atoms with Gasteiger partial charge in [0, 0.05) is 26.3 Å². The number of carbonyl (C=O) groups is 1. The van der Waals surface area contributed by atoms with E-state index in [0.717, 1.165) is 46.3 Å². The van der Waals surface area contributed by atoms with Crippen molar-refractivity contribution >= 4 is 44.4 Å². The zero-order valence-corrected chi connectivity index (χ0v) is 21.0. The number of para-hydroxylation sites is 2. The first-order valence-corrected chi connectivity index (χ1v) is 13.2. The van der Waals surface area contributed by atoms with Crippen LogP contribution in [0.15, 0.2) is 52.5 Å². The van der Waals surface area contributed by atoms with Gasteiger partial charge < -0.3 is 14.6 Å². The van der Waals surface area contributed by atoms with E-state index in [4.69, 9.17) is 9.72 Å². The molecule has 2 aromatic carbocycles. The van der Waals surface area contributed by atoms with Crippen molar-refractivity contribution in [2.45, 2.75) is 42.8 Å². The van der Waals surface area contributed by atoms with Gasteiger partial charge in [0.15, 0.2) is 5.16 Å². The highest BCUT2D eigenvalue weighted by Crippen LogP contribution is 2.29. The van der Waals surface area contributed by atoms with E-state index in [9.17, 15) is 13.2 Å². The largest absolute Gasteiger partial charge is 0.495 e. The van der Waals surface area contributed by atoms with E-state index in [1.54, 1.807) is 6.07 Å². The summed E-state index contributed by atoms with van der Waals surface area (Å²) >= 11 is 1.37. The number of fused-ring (bicyclic) bond motifs is 1. The summed E-state index contributed by atoms with van der Waals surface area (Å²) in [5.41, 5.74) is 2.36. The maximum Gasteiger partial charge on any atom is 0.246 e. The van der Waals surface area contributed by atoms with Crippen molar-refractivity contribution in [1.82, 2.24) is 13.9 Å². The summed E-state index contributed by atoms with van der Waals surface area (Å²) in [4.78, 5) is 17.4. The third kappa shape index (κ3) is 5.87. The Bertz CT molecular complexity index is 1220. The fourth-order valence-electron chi connectivity index (χ4n) is 3.38. The Kier molecular flexibility index (Phi) is 8.39. The molecule has 178 valence electrons. The topological polar surface area (TPSA) is 93.5 Å². The number of nitrogens with one attached hydrogen (secondary N) is 1. The highest BCUT2D eigenvalue weighted by Gasteiger charge is 2.23. The predicted molar refractivity (Wildman–Crippen MR) is 132 cm³/mol. The summed E-state index contributed by atoms with van der Waals surface area (Å²) in [6.07, 6.45) is 3.31. The van der Waals surface area contributed by atoms with Gasteiger partial charge in [-0.05, 0) is 36.8 Å². The van der Waals surface area contributed by atoms with Gasteiger partial charge in [0.1, 0.15) is 10.6 Å². The molecular weight excluding hydrogens is 460 g/mol. The fourth-order valence-corrected chi connectivity index (χ4v) is 5.30. The molecule has 0 bridgehead atoms. The predicted octanol–water partition coefficient (Wildman–Crippen LogP) is 4.22. The van der Waals surface area contributed by atoms with Crippen molar-refractivity contribution in [3.05, 3.63) is 42.5 Å². The molecule has 0 aliphatic heterocycles. The number of hydrogen-bond acceptors (Lipinski definition) is 6. The summed E-state index contributed by atoms with van der Waals surface area (Å²) in [6, 6.07) is 12.5. The summed E-state index contributed by atoms with van der Waals surface area (Å²) in [5.74, 6) is 0.126. The quantitative estimate of drug-likeness (QED) is 0.320. The molecule has 8 nitrogen and oxygen atoms in total. The Hall–Kier alpha value is -2.56. The maximum absolute atomic E-state index is 12.7. The molecule has 3 rings (SSSR count). The van der Waals surface area contributed by atoms with Gasteiger partial charge in [-0.1, -0.05) is 43.7 Å². The van der Waals surface area contributed by atoms with Crippen LogP contribution in [0.25, 0.3) is 11.0 Å². The lowest BCUT2D eigenvalue weighted by Crippen LogP contribution is -2.23. The monoisotopic (exact) mass is 490 g/mol. The van der Waals surface area contributed by atoms with Gasteiger partial charge in [-0.25, -0.2) is 17.7 Å². The Morgan fingerprint density at radius 3 is 2.64 bits per heavy atom. The number of imidazole rings is 1. The molecule has 0 aliphatic carbocycles. The summed E-state index contributed by atoms with van der Waals surface area (Å²) < 4.78 is 33.7. The van der Waals surface area contributed by atoms with Crippen LogP contribution in [0.1, 0.15) is 26.2 Å². The second-order valence-electron chi connectivity index (χ2n) is 7.73. The minimum Gasteiger partial charge on any atom is -0.495 e. The first-order chi connectivity index (χ1) is 15.8. The van der Waals surface area contributed by atoms with Crippen LogP contribution in [0.2, 0.25) is 0 Å². The standard InChI is InChI=1S/C23H30N4O4S2/c1-5-6-9-14-27-19-11-8-7-10-18(19)25-23(27)32-16-22(28)24-17-12-13-20(31-4)21(15-17)33(29,30)26(2)3/h7-8,10-13,15H,5-6,9,14,16H2,1-4H3,(H,24,28). The number of nitrogens with zero attached hydrogens (tertiary/aromatic N) is 3. The molecule has 0 atom stereocenters. The lowest BCUT2D eigenvalue weighted by Gasteiger charge is -2.16. The van der Waals surface area contributed by atoms with E-state index in [-0.39, 0.29) is 22.3 Å². The van der Waals surface area contributed by atoms with Gasteiger partial charge in [0.2, 0.25) is 15.9 Å². The minimum absolute atomic E-state index is 0.00169. The number of aryl methyl sites for hydroxylation is 1. The van der Waals surface area contributed by atoms with Crippen molar-refractivity contribution in [2.75, 3.05) is 32.3 Å². The van der Waals surface area contributed by atoms with Gasteiger partial charge >= 0.3 is 0 Å². The van der Waals surface area contributed by atoms with Crippen LogP contribution in [0, 0.1) is 0 Å². The molecule has 0 unspecified atom stereocenters. The molecule has 0 aliphatic rings. The molecule has 1 heterocycles. The number of benzene rings is 2. The number of unbranched alkanes of at least 4 members (excludes halogenated alkanes) is 2. The molecule has 1 N–H and O–H groups in total. The van der Waals surface area contributed by atoms with Crippen molar-refractivity contribution in [1.29, 1.82) is 0 Å². The van der Waals surface area contributed by atoms with E-state index in [0.29, 0.717) is 5.69 Å². The van der Waals surface area contributed by atoms with E-state index in [2.05, 4.69) is 16.8 Å². The molecule has 33 heavy (non-hydrogen) atoms. The van der Waals surface area contributed by atoms with Crippen LogP contribution >= 0.6 is 11.8 Å². The first kappa shape index (κ1) is 25.1. The molecule has 0 radical (unpaired) electrons. The zero-order chi connectivity index (χ0) is 24.0. The van der Waals surface area contributed by atoms with Crippen LogP contribution in [-0.2, 0) is 21.4 Å². The maximum atomic E-state index is 12.7. The Labute approximate surface area is 199 Å². The highest BCUT2D eigenvalue weighted by atomic mass is 32.2. The Morgan fingerprint density at radius 1 is 1.18 bits per heavy atom. The Morgan fingerprint density at radius 2 is 1.94 bits per heavy atom. The molecule has 0 spiro atoms. The molecule has 0 fully saturated rings. The van der Waals surface area contributed by atoms with Crippen LogP contribution in [-0.4, -0.2) is 55.1 Å². The van der Waals surface area contributed by atoms with E-state index in [1.807, 2.05) is 24.3 Å². The van der Waals surface area contributed by atoms with Crippen LogP contribution in [0.5, 0.6) is 5.75 Å². The fraction of sp³-hybridized carbons (Fsp3) is 0.391. The van der Waals surface area contributed by atoms with Gasteiger partial charge in [-0.3, -0.25) is 4.79 Å². The van der Waals surface area contributed by atoms with Gasteiger partial charge in [0.05, 0.1) is 23.9 Å². The minimum atomic E-state index is -3.73. The number of rotatable bonds is 11. The number of anilines is 1. The van der Waals surface area contributed by atoms with Crippen LogP contribution in [0.4, 0.5) is 5.69 Å². The van der Waals surface area contributed by atoms with Crippen LogP contribution < -0.4 is 10.1 Å². The third-order valence-corrected chi connectivity index (χ3v) is 7.96. The SMILES string of the molecule is CCCCCn1c(SCC(=O)Nc2ccc(OC)c(S(=O)(=O)N(C)C)c2)nc2ccccc21. The molecule has 0 saturated heterocycles. The molecule has 10 heteroatoms. The summed E-state index contributed by atoms with van der Waals surface area (Å²) in [7, 11) is 0.577. The molecular formula is C23H30N4O4S2. The summed E-state index contributed by atoms with van der Waals surface area (Å²) in [5, 5.41) is 3.58. The second kappa shape index (κ2) is 11.0. The molecule has 1 amide bonds. The molecule has 0 saturated carbocycles. The number of ether oxygens (including phenoxy) is 1. The third-order valence-electron chi connectivity index (χ3n) is 5.14. The van der Waals surface area contributed by atoms with E-state index >= 15 is 0 Å². The highest BCUT2D eigenvalue weighted by molar-refractivity contribution is 7.99. The Balaban J connectivity index is 1.75. The van der Waals surface area contributed by atoms with Crippen molar-refractivity contribution in [3.63, 3.8) is 0 Å². The van der Waals surface area contributed by atoms with E-state index in [1.165, 1.54) is 45.1 Å². The number of sulfonamides is 1. The van der Waals surface area contributed by atoms with Crippen molar-refractivity contribution in [2.24, 2.45) is 0 Å². The normalized spacial score (nSPS) is 11.8. The number of amides is 1. The average molecular weight is 491 g/mol. The van der Waals surface area contributed by atoms with Gasteiger partial charge in [-0.15, -0.1) is 0 Å². The lowest BCUT2D eigenvalue weighted by molar-refractivity contribution is -0.113. The number of hydrogen-bond donors (Lipinski definition) is 1. The van der Waals surface area contributed by atoms with Gasteiger partial charge in [-0.2, -0.15) is 0 Å². The van der Waals surface area contributed by atoms with E-state index < -0.39 is 10.0 Å². The van der Waals surface area contributed by atoms with Gasteiger partial charge in [0.25, 0.3) is 0 Å². The smallest absolute Gasteiger partial charge is 0.246 e. The van der Waals surface area contributed by atoms with Crippen molar-refractivity contribution in [3.8, 4) is 5.75 Å².